The molecule has 0 amide bonds. The Morgan fingerprint density at radius 2 is 1.96 bits per heavy atom. The number of tetrazole rings is 1. The summed E-state index contributed by atoms with van der Waals surface area (Å²) in [5, 5.41) is 7.77. The van der Waals surface area contributed by atoms with Crippen molar-refractivity contribution < 1.29 is 17.9 Å². The molecule has 0 spiro atoms. The highest BCUT2D eigenvalue weighted by Gasteiger charge is 2.31. The molecule has 6 nitrogen and oxygen atoms in total. The number of rotatable bonds is 5. The summed E-state index contributed by atoms with van der Waals surface area (Å²) in [6.45, 7) is 1.56. The molecule has 148 valence electrons. The van der Waals surface area contributed by atoms with E-state index in [-0.39, 0.29) is 34.5 Å². The van der Waals surface area contributed by atoms with E-state index >= 15 is 0 Å². The van der Waals surface area contributed by atoms with E-state index in [2.05, 4.69) is 10.4 Å². The van der Waals surface area contributed by atoms with Gasteiger partial charge in [-0.25, -0.2) is 4.79 Å². The van der Waals surface area contributed by atoms with Gasteiger partial charge in [-0.2, -0.15) is 22.5 Å². The van der Waals surface area contributed by atoms with Crippen LogP contribution in [0.2, 0.25) is 5.02 Å². The molecule has 11 heteroatoms. The van der Waals surface area contributed by atoms with E-state index < -0.39 is 11.2 Å². The van der Waals surface area contributed by atoms with E-state index in [1.807, 2.05) is 0 Å². The maximum atomic E-state index is 13.0. The molecule has 0 aliphatic rings. The fraction of sp³-hybridized carbons (Fsp3) is 0.235. The number of thioether (sulfide) groups is 1. The van der Waals surface area contributed by atoms with Crippen LogP contribution in [0.15, 0.2) is 46.1 Å². The number of nitrogens with zero attached hydrogens (tertiary/aromatic N) is 4. The Hall–Kier alpha value is -2.46. The first kappa shape index (κ1) is 20.3. The van der Waals surface area contributed by atoms with Gasteiger partial charge in [0.05, 0.1) is 5.69 Å². The highest BCUT2D eigenvalue weighted by atomic mass is 35.5. The average molecular weight is 431 g/mol. The summed E-state index contributed by atoms with van der Waals surface area (Å²) in [4.78, 5) is 12.1. The standard InChI is InChI=1S/C17H14ClF3N4O2S/c1-10-6-7-11(18)8-14(10)27-9-12-13(25-16(26)24(2)22-23-25)4-3-5-15(12)28-17(19,20)21/h3-8H,9H2,1-2H3. The van der Waals surface area contributed by atoms with Crippen LogP contribution >= 0.6 is 23.4 Å². The minimum absolute atomic E-state index is 0.0952. The van der Waals surface area contributed by atoms with Crippen LogP contribution in [0.5, 0.6) is 5.75 Å². The monoisotopic (exact) mass is 430 g/mol. The van der Waals surface area contributed by atoms with Gasteiger partial charge in [-0.15, -0.1) is 0 Å². The van der Waals surface area contributed by atoms with E-state index in [1.165, 1.54) is 25.2 Å². The molecule has 3 aromatic rings. The Morgan fingerprint density at radius 1 is 1.21 bits per heavy atom. The van der Waals surface area contributed by atoms with Crippen LogP contribution < -0.4 is 10.4 Å². The quantitative estimate of drug-likeness (QED) is 0.570. The predicted molar refractivity (Wildman–Crippen MR) is 99.0 cm³/mol. The molecule has 0 bridgehead atoms. The summed E-state index contributed by atoms with van der Waals surface area (Å²) in [6, 6.07) is 9.21. The first-order chi connectivity index (χ1) is 13.2. The lowest BCUT2D eigenvalue weighted by molar-refractivity contribution is -0.0328. The van der Waals surface area contributed by atoms with Crippen LogP contribution in [0.25, 0.3) is 5.69 Å². The van der Waals surface area contributed by atoms with Crippen molar-refractivity contribution in [1.29, 1.82) is 0 Å². The Bertz CT molecular complexity index is 1070. The number of hydrogen-bond acceptors (Lipinski definition) is 5. The minimum Gasteiger partial charge on any atom is -0.488 e. The third-order valence-electron chi connectivity index (χ3n) is 3.81. The van der Waals surface area contributed by atoms with Crippen molar-refractivity contribution >= 4 is 23.4 Å². The van der Waals surface area contributed by atoms with Crippen LogP contribution in [-0.2, 0) is 13.7 Å². The van der Waals surface area contributed by atoms with Gasteiger partial charge in [-0.1, -0.05) is 23.7 Å². The van der Waals surface area contributed by atoms with Crippen LogP contribution in [0.4, 0.5) is 13.2 Å². The smallest absolute Gasteiger partial charge is 0.446 e. The summed E-state index contributed by atoms with van der Waals surface area (Å²) in [7, 11) is 1.39. The average Bonchev–Trinajstić information content (AvgIpc) is 2.94. The molecule has 28 heavy (non-hydrogen) atoms. The molecule has 0 atom stereocenters. The van der Waals surface area contributed by atoms with Crippen LogP contribution in [-0.4, -0.2) is 25.3 Å². The van der Waals surface area contributed by atoms with Gasteiger partial charge in [0.1, 0.15) is 12.4 Å². The van der Waals surface area contributed by atoms with E-state index in [1.54, 1.807) is 25.1 Å². The number of alkyl halides is 3. The number of benzene rings is 2. The summed E-state index contributed by atoms with van der Waals surface area (Å²) < 4.78 is 46.7. The van der Waals surface area contributed by atoms with E-state index in [9.17, 15) is 18.0 Å². The first-order valence-corrected chi connectivity index (χ1v) is 9.11. The van der Waals surface area contributed by atoms with Crippen molar-refractivity contribution in [3.8, 4) is 11.4 Å². The lowest BCUT2D eigenvalue weighted by Gasteiger charge is -2.16. The zero-order valence-corrected chi connectivity index (χ0v) is 16.3. The third kappa shape index (κ3) is 4.50. The van der Waals surface area contributed by atoms with Crippen molar-refractivity contribution in [3.63, 3.8) is 0 Å². The number of aryl methyl sites for hydroxylation is 2. The molecule has 2 aromatic carbocycles. The summed E-state index contributed by atoms with van der Waals surface area (Å²) in [5.41, 5.74) is -4.01. The van der Waals surface area contributed by atoms with Gasteiger partial charge in [-0.3, -0.25) is 0 Å². The predicted octanol–water partition coefficient (Wildman–Crippen LogP) is 4.12. The molecular weight excluding hydrogens is 417 g/mol. The Kier molecular flexibility index (Phi) is 5.71. The molecule has 1 aromatic heterocycles. The highest BCUT2D eigenvalue weighted by Crippen LogP contribution is 2.40. The number of hydrogen-bond donors (Lipinski definition) is 0. The second-order valence-electron chi connectivity index (χ2n) is 5.80. The van der Waals surface area contributed by atoms with Gasteiger partial charge in [0.25, 0.3) is 0 Å². The molecule has 0 N–H and O–H groups in total. The third-order valence-corrected chi connectivity index (χ3v) is 4.87. The molecule has 0 fully saturated rings. The largest absolute Gasteiger partial charge is 0.488 e. The van der Waals surface area contributed by atoms with Gasteiger partial charge in [-0.05, 0) is 58.9 Å². The molecule has 0 unspecified atom stereocenters. The van der Waals surface area contributed by atoms with E-state index in [4.69, 9.17) is 16.3 Å². The molecular formula is C17H14ClF3N4O2S. The maximum Gasteiger partial charge on any atom is 0.446 e. The zero-order valence-electron chi connectivity index (χ0n) is 14.7. The van der Waals surface area contributed by atoms with Gasteiger partial charge in [0.15, 0.2) is 0 Å². The van der Waals surface area contributed by atoms with E-state index in [0.717, 1.165) is 14.9 Å². The minimum atomic E-state index is -4.51. The van der Waals surface area contributed by atoms with Gasteiger partial charge in [0.2, 0.25) is 0 Å². The van der Waals surface area contributed by atoms with Crippen molar-refractivity contribution in [3.05, 3.63) is 63.0 Å². The van der Waals surface area contributed by atoms with Crippen LogP contribution in [0.3, 0.4) is 0 Å². The van der Waals surface area contributed by atoms with Crippen molar-refractivity contribution in [2.24, 2.45) is 7.05 Å². The molecule has 0 saturated carbocycles. The fourth-order valence-corrected chi connectivity index (χ4v) is 3.31. The molecule has 1 heterocycles. The molecule has 0 aliphatic carbocycles. The van der Waals surface area contributed by atoms with E-state index in [0.29, 0.717) is 10.8 Å². The van der Waals surface area contributed by atoms with Crippen molar-refractivity contribution in [2.75, 3.05) is 0 Å². The van der Waals surface area contributed by atoms with Crippen LogP contribution in [0.1, 0.15) is 11.1 Å². The lowest BCUT2D eigenvalue weighted by atomic mass is 10.2. The molecule has 0 aliphatic heterocycles. The molecule has 0 radical (unpaired) electrons. The topological polar surface area (TPSA) is 61.9 Å². The van der Waals surface area contributed by atoms with Crippen molar-refractivity contribution in [1.82, 2.24) is 19.8 Å². The summed E-state index contributed by atoms with van der Waals surface area (Å²) >= 11 is 5.68. The Labute approximate surface area is 166 Å². The second kappa shape index (κ2) is 7.88. The van der Waals surface area contributed by atoms with Crippen molar-refractivity contribution in [2.45, 2.75) is 23.9 Å². The number of halogens is 4. The molecule has 3 rings (SSSR count). The highest BCUT2D eigenvalue weighted by molar-refractivity contribution is 8.00. The maximum absolute atomic E-state index is 13.0. The Balaban J connectivity index is 2.06. The molecule has 0 saturated heterocycles. The summed E-state index contributed by atoms with van der Waals surface area (Å²) in [5.74, 6) is 0.428. The fourth-order valence-electron chi connectivity index (χ4n) is 2.46. The summed E-state index contributed by atoms with van der Waals surface area (Å²) in [6.07, 6.45) is 0. The zero-order chi connectivity index (χ0) is 20.5. The van der Waals surface area contributed by atoms with Gasteiger partial charge in [0, 0.05) is 22.5 Å². The SMILES string of the molecule is Cc1ccc(Cl)cc1OCc1c(SC(F)(F)F)cccc1-n1nnn(C)c1=O. The van der Waals surface area contributed by atoms with Gasteiger partial charge < -0.3 is 4.74 Å². The van der Waals surface area contributed by atoms with Gasteiger partial charge >= 0.3 is 11.2 Å². The number of ether oxygens (including phenoxy) is 1. The second-order valence-corrected chi connectivity index (χ2v) is 7.34. The number of aromatic nitrogens is 4. The lowest BCUT2D eigenvalue weighted by Crippen LogP contribution is -2.23. The first-order valence-electron chi connectivity index (χ1n) is 7.91. The van der Waals surface area contributed by atoms with Crippen LogP contribution in [0, 0.1) is 6.92 Å². The Morgan fingerprint density at radius 3 is 2.61 bits per heavy atom. The normalized spacial score (nSPS) is 11.6.